The van der Waals surface area contributed by atoms with Gasteiger partial charge in [0.1, 0.15) is 0 Å². The molecule has 0 atom stereocenters. The van der Waals surface area contributed by atoms with Crippen molar-refractivity contribution in [1.29, 1.82) is 0 Å². The highest BCUT2D eigenvalue weighted by Gasteiger charge is 2.09. The van der Waals surface area contributed by atoms with E-state index >= 15 is 0 Å². The summed E-state index contributed by atoms with van der Waals surface area (Å²) in [6, 6.07) is 6.28. The zero-order valence-electron chi connectivity index (χ0n) is 8.53. The Balaban J connectivity index is 2.93. The minimum Gasteiger partial charge on any atom is -0.377 e. The lowest BCUT2D eigenvalue weighted by Gasteiger charge is -1.94. The van der Waals surface area contributed by atoms with Gasteiger partial charge in [0.2, 0.25) is 0 Å². The summed E-state index contributed by atoms with van der Waals surface area (Å²) in [5.74, 6) is 0. The second kappa shape index (κ2) is 5.86. The van der Waals surface area contributed by atoms with E-state index < -0.39 is 4.92 Å². The molecule has 6 nitrogen and oxygen atoms in total. The van der Waals surface area contributed by atoms with Gasteiger partial charge in [-0.05, 0) is 12.3 Å². The van der Waals surface area contributed by atoms with Gasteiger partial charge in [-0.2, -0.15) is 5.10 Å². The molecule has 0 aliphatic carbocycles. The van der Waals surface area contributed by atoms with E-state index in [1.54, 1.807) is 24.5 Å². The molecule has 0 aromatic heterocycles. The first-order valence-corrected chi connectivity index (χ1v) is 5.51. The number of nitrogens with zero attached hydrogens (tertiary/aromatic N) is 3. The normalized spacial score (nSPS) is 11.9. The zero-order chi connectivity index (χ0) is 12.0. The molecule has 0 aliphatic rings. The summed E-state index contributed by atoms with van der Waals surface area (Å²) in [5.41, 5.74) is 5.78. The standard InChI is InChI=1S/C9H10N4O2S/c1-16-9(10)12-11-6-7-4-2-3-5-8(7)13(14)15/h2-6H,1H3,(H2,10,12)/b11-6-. The largest absolute Gasteiger partial charge is 0.377 e. The summed E-state index contributed by atoms with van der Waals surface area (Å²) < 4.78 is 0. The lowest BCUT2D eigenvalue weighted by molar-refractivity contribution is -0.385. The first-order valence-electron chi connectivity index (χ1n) is 4.29. The molecule has 0 saturated heterocycles. The number of nitro benzene ring substituents is 1. The number of benzene rings is 1. The van der Waals surface area contributed by atoms with Crippen LogP contribution in [0.1, 0.15) is 5.56 Å². The number of hydrogen-bond donors (Lipinski definition) is 1. The number of nitro groups is 1. The first kappa shape index (κ1) is 12.2. The molecule has 0 heterocycles. The molecule has 7 heteroatoms. The lowest BCUT2D eigenvalue weighted by atomic mass is 10.2. The molecule has 16 heavy (non-hydrogen) atoms. The maximum Gasteiger partial charge on any atom is 0.278 e. The molecule has 1 rings (SSSR count). The van der Waals surface area contributed by atoms with Crippen molar-refractivity contribution in [1.82, 2.24) is 0 Å². The van der Waals surface area contributed by atoms with Crippen LogP contribution in [0.3, 0.4) is 0 Å². The van der Waals surface area contributed by atoms with Crippen molar-refractivity contribution in [2.45, 2.75) is 0 Å². The molecule has 0 fully saturated rings. The Morgan fingerprint density at radius 1 is 1.56 bits per heavy atom. The van der Waals surface area contributed by atoms with Crippen LogP contribution in [0.15, 0.2) is 34.5 Å². The monoisotopic (exact) mass is 238 g/mol. The Morgan fingerprint density at radius 2 is 2.25 bits per heavy atom. The summed E-state index contributed by atoms with van der Waals surface area (Å²) in [4.78, 5) is 10.2. The van der Waals surface area contributed by atoms with Crippen LogP contribution in [0.2, 0.25) is 0 Å². The summed E-state index contributed by atoms with van der Waals surface area (Å²) in [5, 5.41) is 18.3. The number of thioether (sulfide) groups is 1. The smallest absolute Gasteiger partial charge is 0.278 e. The predicted molar refractivity (Wildman–Crippen MR) is 65.8 cm³/mol. The van der Waals surface area contributed by atoms with E-state index in [1.807, 2.05) is 0 Å². The van der Waals surface area contributed by atoms with E-state index in [9.17, 15) is 10.1 Å². The Morgan fingerprint density at radius 3 is 2.88 bits per heavy atom. The maximum absolute atomic E-state index is 10.7. The third-order valence-corrected chi connectivity index (χ3v) is 2.20. The van der Waals surface area contributed by atoms with Gasteiger partial charge in [-0.25, -0.2) is 0 Å². The van der Waals surface area contributed by atoms with Crippen molar-refractivity contribution in [2.75, 3.05) is 6.26 Å². The van der Waals surface area contributed by atoms with Gasteiger partial charge in [-0.1, -0.05) is 23.9 Å². The van der Waals surface area contributed by atoms with Crippen LogP contribution in [0.25, 0.3) is 0 Å². The van der Waals surface area contributed by atoms with E-state index in [0.717, 1.165) is 0 Å². The number of amidine groups is 1. The summed E-state index contributed by atoms with van der Waals surface area (Å²) in [6.45, 7) is 0. The summed E-state index contributed by atoms with van der Waals surface area (Å²) in [7, 11) is 0. The van der Waals surface area contributed by atoms with Crippen LogP contribution in [0, 0.1) is 10.1 Å². The molecule has 0 bridgehead atoms. The average molecular weight is 238 g/mol. The van der Waals surface area contributed by atoms with Crippen LogP contribution < -0.4 is 5.73 Å². The van der Waals surface area contributed by atoms with Crippen molar-refractivity contribution in [3.63, 3.8) is 0 Å². The van der Waals surface area contributed by atoms with Crippen LogP contribution in [-0.4, -0.2) is 22.6 Å². The number of hydrogen-bond acceptors (Lipinski definition) is 5. The van der Waals surface area contributed by atoms with Crippen LogP contribution >= 0.6 is 11.8 Å². The predicted octanol–water partition coefficient (Wildman–Crippen LogP) is 1.61. The fourth-order valence-electron chi connectivity index (χ4n) is 0.952. The third kappa shape index (κ3) is 3.35. The molecule has 0 aliphatic heterocycles. The minimum absolute atomic E-state index is 0.0100. The van der Waals surface area contributed by atoms with Crippen molar-refractivity contribution >= 4 is 28.8 Å². The van der Waals surface area contributed by atoms with E-state index in [2.05, 4.69) is 10.2 Å². The summed E-state index contributed by atoms with van der Waals surface area (Å²) in [6.07, 6.45) is 3.07. The molecule has 0 amide bonds. The third-order valence-electron chi connectivity index (χ3n) is 1.70. The van der Waals surface area contributed by atoms with Crippen LogP contribution in [-0.2, 0) is 0 Å². The van der Waals surface area contributed by atoms with Gasteiger partial charge >= 0.3 is 0 Å². The molecule has 84 valence electrons. The van der Waals surface area contributed by atoms with Gasteiger partial charge in [-0.15, -0.1) is 5.10 Å². The van der Waals surface area contributed by atoms with E-state index in [-0.39, 0.29) is 5.69 Å². The molecule has 1 aromatic carbocycles. The fraction of sp³-hybridized carbons (Fsp3) is 0.111. The van der Waals surface area contributed by atoms with Gasteiger partial charge in [0, 0.05) is 6.07 Å². The Kier molecular flexibility index (Phi) is 4.46. The van der Waals surface area contributed by atoms with E-state index in [4.69, 9.17) is 5.73 Å². The molecule has 2 N–H and O–H groups in total. The lowest BCUT2D eigenvalue weighted by Crippen LogP contribution is -2.04. The SMILES string of the molecule is CS/C(N)=N/N=C\c1ccccc1[N+](=O)[O-]. The van der Waals surface area contributed by atoms with Crippen LogP contribution in [0.5, 0.6) is 0 Å². The van der Waals surface area contributed by atoms with Gasteiger partial charge in [0.25, 0.3) is 5.69 Å². The fourth-order valence-corrected chi connectivity index (χ4v) is 1.08. The van der Waals surface area contributed by atoms with E-state index in [1.165, 1.54) is 24.0 Å². The van der Waals surface area contributed by atoms with Crippen molar-refractivity contribution in [2.24, 2.45) is 15.9 Å². The van der Waals surface area contributed by atoms with Crippen molar-refractivity contribution < 1.29 is 4.92 Å². The van der Waals surface area contributed by atoms with Gasteiger partial charge < -0.3 is 5.73 Å². The van der Waals surface area contributed by atoms with E-state index in [0.29, 0.717) is 10.7 Å². The Hall–Kier alpha value is -1.89. The first-order chi connectivity index (χ1) is 7.65. The highest BCUT2D eigenvalue weighted by Crippen LogP contribution is 2.15. The Labute approximate surface area is 96.4 Å². The Bertz CT molecular complexity index is 445. The number of rotatable bonds is 3. The minimum atomic E-state index is -0.469. The van der Waals surface area contributed by atoms with Gasteiger partial charge in [-0.3, -0.25) is 10.1 Å². The molecular weight excluding hydrogens is 228 g/mol. The zero-order valence-corrected chi connectivity index (χ0v) is 9.35. The highest BCUT2D eigenvalue weighted by atomic mass is 32.2. The van der Waals surface area contributed by atoms with Crippen LogP contribution in [0.4, 0.5) is 5.69 Å². The highest BCUT2D eigenvalue weighted by molar-refractivity contribution is 8.13. The second-order valence-corrected chi connectivity index (χ2v) is 3.53. The topological polar surface area (TPSA) is 93.9 Å². The second-order valence-electron chi connectivity index (χ2n) is 2.70. The van der Waals surface area contributed by atoms with Crippen molar-refractivity contribution in [3.05, 3.63) is 39.9 Å². The molecule has 0 saturated carbocycles. The molecule has 0 unspecified atom stereocenters. The summed E-state index contributed by atoms with van der Waals surface area (Å²) >= 11 is 1.25. The average Bonchev–Trinajstić information content (AvgIpc) is 2.29. The number of para-hydroxylation sites is 1. The maximum atomic E-state index is 10.7. The molecular formula is C9H10N4O2S. The van der Waals surface area contributed by atoms with Crippen molar-refractivity contribution in [3.8, 4) is 0 Å². The quantitative estimate of drug-likeness (QED) is 0.374. The number of nitrogens with two attached hydrogens (primary N) is 1. The van der Waals surface area contributed by atoms with Gasteiger partial charge in [0.15, 0.2) is 5.17 Å². The molecule has 1 aromatic rings. The van der Waals surface area contributed by atoms with Gasteiger partial charge in [0.05, 0.1) is 16.7 Å². The molecule has 0 radical (unpaired) electrons. The molecule has 0 spiro atoms.